The van der Waals surface area contributed by atoms with Gasteiger partial charge < -0.3 is 15.4 Å². The van der Waals surface area contributed by atoms with Crippen LogP contribution in [0.25, 0.3) is 15.3 Å². The maximum atomic E-state index is 13.1. The lowest BCUT2D eigenvalue weighted by Crippen LogP contribution is -2.47. The van der Waals surface area contributed by atoms with Crippen LogP contribution in [0.3, 0.4) is 0 Å². The summed E-state index contributed by atoms with van der Waals surface area (Å²) in [7, 11) is 1.86. The number of nitrogens with one attached hydrogen (secondary N) is 2. The molecule has 12 heteroatoms. The number of fused-ring (bicyclic) bond motifs is 1. The summed E-state index contributed by atoms with van der Waals surface area (Å²) >= 11 is 1.47. The molecule has 35 heavy (non-hydrogen) atoms. The van der Waals surface area contributed by atoms with Crippen molar-refractivity contribution in [3.8, 4) is 10.4 Å². The maximum Gasteiger partial charge on any atom is 0.260 e. The first-order valence-corrected chi connectivity index (χ1v) is 12.0. The summed E-state index contributed by atoms with van der Waals surface area (Å²) in [6.07, 6.45) is 8.71. The zero-order chi connectivity index (χ0) is 24.5. The number of nitrogens with zero attached hydrogens (tertiary/aromatic N) is 6. The van der Waals surface area contributed by atoms with Gasteiger partial charge in [0.05, 0.1) is 65.9 Å². The van der Waals surface area contributed by atoms with Gasteiger partial charge in [-0.15, -0.1) is 11.3 Å². The molecular weight excluding hydrogens is 468 g/mol. The molecule has 2 N–H and O–H groups in total. The van der Waals surface area contributed by atoms with E-state index in [2.05, 4.69) is 30.7 Å². The number of pyridine rings is 1. The number of aromatic nitrogens is 5. The highest BCUT2D eigenvalue weighted by atomic mass is 32.1. The molecular formula is C23H26N8O3S. The molecule has 0 bridgehead atoms. The predicted octanol–water partition coefficient (Wildman–Crippen LogP) is 2.41. The van der Waals surface area contributed by atoms with Crippen LogP contribution in [0, 0.1) is 6.92 Å². The molecule has 1 atom stereocenters. The predicted molar refractivity (Wildman–Crippen MR) is 133 cm³/mol. The van der Waals surface area contributed by atoms with Crippen molar-refractivity contribution in [3.63, 3.8) is 0 Å². The van der Waals surface area contributed by atoms with Crippen molar-refractivity contribution in [1.29, 1.82) is 0 Å². The van der Waals surface area contributed by atoms with Gasteiger partial charge in [0.25, 0.3) is 5.91 Å². The molecule has 182 valence electrons. The van der Waals surface area contributed by atoms with Crippen LogP contribution in [-0.4, -0.2) is 73.4 Å². The molecule has 1 aliphatic heterocycles. The van der Waals surface area contributed by atoms with Crippen molar-refractivity contribution >= 4 is 39.4 Å². The Labute approximate surface area is 205 Å². The van der Waals surface area contributed by atoms with Crippen molar-refractivity contribution in [2.75, 3.05) is 36.9 Å². The van der Waals surface area contributed by atoms with Gasteiger partial charge in [-0.3, -0.25) is 24.2 Å². The number of aryl methyl sites for hydroxylation is 2. The molecule has 0 aromatic carbocycles. The number of carbonyl (C=O) groups excluding carboxylic acids is 2. The second-order valence-electron chi connectivity index (χ2n) is 8.56. The Morgan fingerprint density at radius 1 is 1.20 bits per heavy atom. The van der Waals surface area contributed by atoms with E-state index in [9.17, 15) is 9.59 Å². The number of amides is 2. The number of rotatable bonds is 6. The lowest BCUT2D eigenvalue weighted by atomic mass is 10.2. The van der Waals surface area contributed by atoms with Gasteiger partial charge in [0.1, 0.15) is 4.83 Å². The maximum absolute atomic E-state index is 13.1. The molecule has 1 unspecified atom stereocenters. The summed E-state index contributed by atoms with van der Waals surface area (Å²) in [5, 5.41) is 14.3. The van der Waals surface area contributed by atoms with E-state index in [0.717, 1.165) is 15.3 Å². The third kappa shape index (κ3) is 4.94. The molecule has 5 rings (SSSR count). The Kier molecular flexibility index (Phi) is 6.32. The van der Waals surface area contributed by atoms with E-state index in [4.69, 9.17) is 4.74 Å². The minimum absolute atomic E-state index is 0.137. The van der Waals surface area contributed by atoms with E-state index in [-0.39, 0.29) is 24.4 Å². The van der Waals surface area contributed by atoms with Crippen LogP contribution in [0.1, 0.15) is 23.0 Å². The quantitative estimate of drug-likeness (QED) is 0.423. The van der Waals surface area contributed by atoms with Crippen molar-refractivity contribution in [2.45, 2.75) is 19.9 Å². The van der Waals surface area contributed by atoms with Crippen LogP contribution in [0.5, 0.6) is 0 Å². The topological polar surface area (TPSA) is 119 Å². The van der Waals surface area contributed by atoms with Gasteiger partial charge in [0, 0.05) is 37.6 Å². The number of hydrogen-bond acceptors (Lipinski definition) is 8. The van der Waals surface area contributed by atoms with Crippen LogP contribution in [0.4, 0.5) is 11.4 Å². The van der Waals surface area contributed by atoms with Gasteiger partial charge in [0.15, 0.2) is 0 Å². The summed E-state index contributed by atoms with van der Waals surface area (Å²) < 4.78 is 8.85. The first-order chi connectivity index (χ1) is 16.9. The first kappa shape index (κ1) is 23.1. The van der Waals surface area contributed by atoms with E-state index >= 15 is 0 Å². The summed E-state index contributed by atoms with van der Waals surface area (Å²) in [5.74, 6) is -0.434. The Hall–Kier alpha value is -3.61. The lowest BCUT2D eigenvalue weighted by Gasteiger charge is -2.32. The zero-order valence-corrected chi connectivity index (χ0v) is 20.5. The normalized spacial score (nSPS) is 16.5. The van der Waals surface area contributed by atoms with E-state index in [1.54, 1.807) is 40.8 Å². The molecule has 0 spiro atoms. The average molecular weight is 495 g/mol. The number of anilines is 2. The fraction of sp³-hybridized carbons (Fsp3) is 0.348. The van der Waals surface area contributed by atoms with Crippen LogP contribution < -0.4 is 10.6 Å². The molecule has 2 amide bonds. The second kappa shape index (κ2) is 9.56. The van der Waals surface area contributed by atoms with Gasteiger partial charge in [-0.2, -0.15) is 10.2 Å². The SMILES string of the molecule is Cc1ncc(NC(=O)CN2CCOCC2C)cc1NC(=O)c1cnn2cc(-c3cnn(C)c3)sc12. The highest BCUT2D eigenvalue weighted by Gasteiger charge is 2.22. The number of hydrogen-bond donors (Lipinski definition) is 2. The third-order valence-corrected chi connectivity index (χ3v) is 7.06. The molecule has 1 aliphatic rings. The van der Waals surface area contributed by atoms with Crippen molar-refractivity contribution in [2.24, 2.45) is 7.05 Å². The molecule has 4 aromatic heterocycles. The number of ether oxygens (including phenoxy) is 1. The van der Waals surface area contributed by atoms with Gasteiger partial charge in [0.2, 0.25) is 5.91 Å². The minimum Gasteiger partial charge on any atom is -0.379 e. The fourth-order valence-corrected chi connectivity index (χ4v) is 4.96. The Bertz CT molecular complexity index is 1390. The van der Waals surface area contributed by atoms with Crippen LogP contribution in [0.15, 0.2) is 37.1 Å². The van der Waals surface area contributed by atoms with Crippen molar-refractivity contribution in [1.82, 2.24) is 29.3 Å². The van der Waals surface area contributed by atoms with Crippen LogP contribution in [-0.2, 0) is 16.6 Å². The van der Waals surface area contributed by atoms with E-state index in [1.165, 1.54) is 11.3 Å². The smallest absolute Gasteiger partial charge is 0.260 e. The van der Waals surface area contributed by atoms with Crippen LogP contribution in [0.2, 0.25) is 0 Å². The molecule has 0 saturated carbocycles. The fourth-order valence-electron chi connectivity index (χ4n) is 3.92. The number of morpholine rings is 1. The van der Waals surface area contributed by atoms with Gasteiger partial charge in [-0.1, -0.05) is 0 Å². The Morgan fingerprint density at radius 3 is 2.83 bits per heavy atom. The summed E-state index contributed by atoms with van der Waals surface area (Å²) in [6, 6.07) is 1.90. The molecule has 11 nitrogen and oxygen atoms in total. The average Bonchev–Trinajstić information content (AvgIpc) is 3.53. The molecule has 1 fully saturated rings. The van der Waals surface area contributed by atoms with E-state index in [0.29, 0.717) is 42.4 Å². The van der Waals surface area contributed by atoms with Crippen molar-refractivity contribution in [3.05, 3.63) is 48.3 Å². The first-order valence-electron chi connectivity index (χ1n) is 11.2. The van der Waals surface area contributed by atoms with Gasteiger partial charge >= 0.3 is 0 Å². The summed E-state index contributed by atoms with van der Waals surface area (Å²) in [4.78, 5) is 33.8. The van der Waals surface area contributed by atoms with Gasteiger partial charge in [-0.05, 0) is 19.9 Å². The van der Waals surface area contributed by atoms with E-state index < -0.39 is 0 Å². The minimum atomic E-state index is -0.296. The van der Waals surface area contributed by atoms with E-state index in [1.807, 2.05) is 26.4 Å². The molecule has 4 aromatic rings. The standard InChI is InChI=1S/C23H26N8O3S/c1-14-13-34-5-4-30(14)12-21(32)27-17-6-19(15(2)24-8-17)28-22(33)18-9-26-31-11-20(35-23(18)31)16-7-25-29(3)10-16/h6-11,14H,4-5,12-13H2,1-3H3,(H,27,32)(H,28,33). The summed E-state index contributed by atoms with van der Waals surface area (Å²) in [6.45, 7) is 6.06. The molecule has 5 heterocycles. The highest BCUT2D eigenvalue weighted by Crippen LogP contribution is 2.30. The molecule has 0 aliphatic carbocycles. The second-order valence-corrected chi connectivity index (χ2v) is 9.59. The monoisotopic (exact) mass is 494 g/mol. The lowest BCUT2D eigenvalue weighted by molar-refractivity contribution is -0.119. The third-order valence-electron chi connectivity index (χ3n) is 5.90. The van der Waals surface area contributed by atoms with Crippen molar-refractivity contribution < 1.29 is 14.3 Å². The Balaban J connectivity index is 1.29. The number of carbonyl (C=O) groups is 2. The largest absolute Gasteiger partial charge is 0.379 e. The zero-order valence-electron chi connectivity index (χ0n) is 19.7. The van der Waals surface area contributed by atoms with Gasteiger partial charge in [-0.25, -0.2) is 4.52 Å². The Morgan fingerprint density at radius 2 is 2.06 bits per heavy atom. The molecule has 0 radical (unpaired) electrons. The summed E-state index contributed by atoms with van der Waals surface area (Å²) in [5.41, 5.74) is 3.11. The number of thiazole rings is 1. The highest BCUT2D eigenvalue weighted by molar-refractivity contribution is 7.21. The molecule has 1 saturated heterocycles. The van der Waals surface area contributed by atoms with Crippen LogP contribution >= 0.6 is 11.3 Å².